The molecule has 10 heavy (non-hydrogen) atoms. The summed E-state index contributed by atoms with van der Waals surface area (Å²) in [6, 6.07) is 0. The summed E-state index contributed by atoms with van der Waals surface area (Å²) in [6.45, 7) is 1.99. The van der Waals surface area contributed by atoms with Crippen molar-refractivity contribution in [3.8, 4) is 0 Å². The molecule has 4 heteroatoms. The minimum Gasteiger partial charge on any atom is -0.464 e. The SMILES string of the molecule is CC1(Cl)C(=O)OCC1CCl. The molecule has 0 aromatic heterocycles. The summed E-state index contributed by atoms with van der Waals surface area (Å²) in [4.78, 5) is 9.95. The Kier molecular flexibility index (Phi) is 2.11. The molecule has 0 aromatic carbocycles. The molecule has 0 saturated carbocycles. The van der Waals surface area contributed by atoms with Gasteiger partial charge < -0.3 is 4.74 Å². The summed E-state index contributed by atoms with van der Waals surface area (Å²) in [5.74, 6) is -0.0469. The number of ether oxygens (including phenoxy) is 1. The number of alkyl halides is 2. The maximum atomic E-state index is 10.9. The molecule has 2 atom stereocenters. The number of hydrogen-bond donors (Lipinski definition) is 0. The fourth-order valence-electron chi connectivity index (χ4n) is 0.830. The highest BCUT2D eigenvalue weighted by Crippen LogP contribution is 2.33. The van der Waals surface area contributed by atoms with Gasteiger partial charge >= 0.3 is 5.97 Å². The van der Waals surface area contributed by atoms with Crippen LogP contribution in [0.15, 0.2) is 0 Å². The Morgan fingerprint density at radius 2 is 2.50 bits per heavy atom. The van der Waals surface area contributed by atoms with Crippen LogP contribution in [0.3, 0.4) is 0 Å². The van der Waals surface area contributed by atoms with Gasteiger partial charge in [0.05, 0.1) is 6.61 Å². The second-order valence-electron chi connectivity index (χ2n) is 2.53. The summed E-state index contributed by atoms with van der Waals surface area (Å²) in [7, 11) is 0. The van der Waals surface area contributed by atoms with Crippen molar-refractivity contribution in [2.75, 3.05) is 12.5 Å². The van der Waals surface area contributed by atoms with Crippen LogP contribution in [0.2, 0.25) is 0 Å². The van der Waals surface area contributed by atoms with E-state index in [-0.39, 0.29) is 11.9 Å². The summed E-state index contributed by atoms with van der Waals surface area (Å²) >= 11 is 11.4. The Bertz CT molecular complexity index is 156. The van der Waals surface area contributed by atoms with Crippen LogP contribution in [0, 0.1) is 5.92 Å². The van der Waals surface area contributed by atoms with Crippen LogP contribution in [0.5, 0.6) is 0 Å². The molecular weight excluding hydrogens is 175 g/mol. The van der Waals surface area contributed by atoms with Crippen molar-refractivity contribution < 1.29 is 9.53 Å². The monoisotopic (exact) mass is 182 g/mol. The zero-order valence-corrected chi connectivity index (χ0v) is 7.08. The molecule has 0 aliphatic carbocycles. The molecule has 2 unspecified atom stereocenters. The van der Waals surface area contributed by atoms with E-state index >= 15 is 0 Å². The normalized spacial score (nSPS) is 39.9. The molecule has 0 spiro atoms. The van der Waals surface area contributed by atoms with Crippen molar-refractivity contribution >= 4 is 29.2 Å². The van der Waals surface area contributed by atoms with E-state index in [4.69, 9.17) is 27.9 Å². The third-order valence-corrected chi connectivity index (χ3v) is 2.60. The van der Waals surface area contributed by atoms with Crippen LogP contribution in [0.25, 0.3) is 0 Å². The predicted octanol–water partition coefficient (Wildman–Crippen LogP) is 1.40. The van der Waals surface area contributed by atoms with Crippen LogP contribution in [0.4, 0.5) is 0 Å². The quantitative estimate of drug-likeness (QED) is 0.453. The smallest absolute Gasteiger partial charge is 0.327 e. The lowest BCUT2D eigenvalue weighted by molar-refractivity contribution is -0.139. The van der Waals surface area contributed by atoms with E-state index in [1.54, 1.807) is 6.92 Å². The second kappa shape index (κ2) is 2.59. The Labute approximate surface area is 69.4 Å². The van der Waals surface area contributed by atoms with Crippen molar-refractivity contribution in [2.24, 2.45) is 5.92 Å². The third kappa shape index (κ3) is 1.10. The van der Waals surface area contributed by atoms with E-state index in [9.17, 15) is 4.79 Å². The topological polar surface area (TPSA) is 26.3 Å². The zero-order valence-electron chi connectivity index (χ0n) is 5.56. The number of rotatable bonds is 1. The van der Waals surface area contributed by atoms with Crippen molar-refractivity contribution in [1.82, 2.24) is 0 Å². The van der Waals surface area contributed by atoms with Crippen molar-refractivity contribution in [3.63, 3.8) is 0 Å². The minimum atomic E-state index is -0.901. The standard InChI is InChI=1S/C6H8Cl2O2/c1-6(8)4(2-7)3-10-5(6)9/h4H,2-3H2,1H3. The van der Waals surface area contributed by atoms with Crippen LogP contribution >= 0.6 is 23.2 Å². The Morgan fingerprint density at radius 1 is 1.90 bits per heavy atom. The highest BCUT2D eigenvalue weighted by Gasteiger charge is 2.46. The molecule has 1 aliphatic rings. The van der Waals surface area contributed by atoms with Crippen LogP contribution in [-0.2, 0) is 9.53 Å². The van der Waals surface area contributed by atoms with Gasteiger partial charge in [-0.3, -0.25) is 4.79 Å². The first-order chi connectivity index (χ1) is 4.59. The van der Waals surface area contributed by atoms with Gasteiger partial charge in [0.25, 0.3) is 0 Å². The molecule has 1 heterocycles. The minimum absolute atomic E-state index is 0.0525. The third-order valence-electron chi connectivity index (χ3n) is 1.77. The van der Waals surface area contributed by atoms with E-state index in [0.717, 1.165) is 0 Å². The lowest BCUT2D eigenvalue weighted by atomic mass is 9.99. The van der Waals surface area contributed by atoms with Crippen LogP contribution < -0.4 is 0 Å². The highest BCUT2D eigenvalue weighted by atomic mass is 35.5. The largest absolute Gasteiger partial charge is 0.464 e. The Balaban J connectivity index is 2.73. The first-order valence-electron chi connectivity index (χ1n) is 3.01. The maximum Gasteiger partial charge on any atom is 0.327 e. The average Bonchev–Trinajstić information content (AvgIpc) is 2.10. The van der Waals surface area contributed by atoms with Crippen molar-refractivity contribution in [3.05, 3.63) is 0 Å². The van der Waals surface area contributed by atoms with Gasteiger partial charge in [-0.2, -0.15) is 0 Å². The van der Waals surface area contributed by atoms with Gasteiger partial charge in [-0.1, -0.05) is 0 Å². The number of hydrogen-bond acceptors (Lipinski definition) is 2. The first kappa shape index (κ1) is 8.15. The number of carbonyl (C=O) groups excluding carboxylic acids is 1. The van der Waals surface area contributed by atoms with Gasteiger partial charge in [-0.05, 0) is 6.92 Å². The lowest BCUT2D eigenvalue weighted by Gasteiger charge is -2.15. The van der Waals surface area contributed by atoms with Crippen LogP contribution in [-0.4, -0.2) is 23.3 Å². The first-order valence-corrected chi connectivity index (χ1v) is 3.92. The predicted molar refractivity (Wildman–Crippen MR) is 39.4 cm³/mol. The molecular formula is C6H8Cl2O2. The summed E-state index contributed by atoms with van der Waals surface area (Å²) in [6.07, 6.45) is 0. The van der Waals surface area contributed by atoms with Gasteiger partial charge in [-0.25, -0.2) is 0 Å². The molecule has 0 radical (unpaired) electrons. The summed E-state index contributed by atoms with van der Waals surface area (Å²) in [5, 5.41) is 0. The van der Waals surface area contributed by atoms with Gasteiger partial charge in [0.15, 0.2) is 0 Å². The number of cyclic esters (lactones) is 1. The molecule has 58 valence electrons. The zero-order chi connectivity index (χ0) is 7.78. The van der Waals surface area contributed by atoms with E-state index < -0.39 is 4.87 Å². The molecule has 2 nitrogen and oxygen atoms in total. The molecule has 1 fully saturated rings. The van der Waals surface area contributed by atoms with Crippen molar-refractivity contribution in [2.45, 2.75) is 11.8 Å². The number of halogens is 2. The van der Waals surface area contributed by atoms with E-state index in [2.05, 4.69) is 0 Å². The second-order valence-corrected chi connectivity index (χ2v) is 3.62. The molecule has 0 bridgehead atoms. The lowest BCUT2D eigenvalue weighted by Crippen LogP contribution is -2.31. The van der Waals surface area contributed by atoms with Gasteiger partial charge in [0.2, 0.25) is 0 Å². The molecule has 0 N–H and O–H groups in total. The van der Waals surface area contributed by atoms with E-state index in [1.807, 2.05) is 0 Å². The Hall–Kier alpha value is 0.0500. The summed E-state index contributed by atoms with van der Waals surface area (Å²) in [5.41, 5.74) is 0. The molecule has 0 aromatic rings. The fourth-order valence-corrected chi connectivity index (χ4v) is 1.50. The van der Waals surface area contributed by atoms with Gasteiger partial charge in [-0.15, -0.1) is 23.2 Å². The molecule has 1 saturated heterocycles. The van der Waals surface area contributed by atoms with E-state index in [1.165, 1.54) is 0 Å². The number of carbonyl (C=O) groups is 1. The van der Waals surface area contributed by atoms with Gasteiger partial charge in [0.1, 0.15) is 4.87 Å². The van der Waals surface area contributed by atoms with Crippen LogP contribution in [0.1, 0.15) is 6.92 Å². The maximum absolute atomic E-state index is 10.9. The average molecular weight is 183 g/mol. The summed E-state index contributed by atoms with van der Waals surface area (Å²) < 4.78 is 4.72. The highest BCUT2D eigenvalue weighted by molar-refractivity contribution is 6.35. The molecule has 1 aliphatic heterocycles. The number of esters is 1. The molecule has 1 rings (SSSR count). The Morgan fingerprint density at radius 3 is 2.70 bits per heavy atom. The van der Waals surface area contributed by atoms with Crippen molar-refractivity contribution in [1.29, 1.82) is 0 Å². The van der Waals surface area contributed by atoms with E-state index in [0.29, 0.717) is 12.5 Å². The fraction of sp³-hybridized carbons (Fsp3) is 0.833. The molecule has 0 amide bonds. The van der Waals surface area contributed by atoms with Gasteiger partial charge in [0, 0.05) is 11.8 Å².